The average Bonchev–Trinajstić information content (AvgIpc) is 2.40. The van der Waals surface area contributed by atoms with Gasteiger partial charge >= 0.3 is 0 Å². The Morgan fingerprint density at radius 2 is 2.16 bits per heavy atom. The minimum absolute atomic E-state index is 0.119. The lowest BCUT2D eigenvalue weighted by molar-refractivity contribution is -0.900. The summed E-state index contributed by atoms with van der Waals surface area (Å²) in [5.41, 5.74) is 1.36. The smallest absolute Gasteiger partial charge is 0.102 e. The van der Waals surface area contributed by atoms with Gasteiger partial charge in [-0.1, -0.05) is 6.08 Å². The fraction of sp³-hybridized carbons (Fsp3) is 0.667. The molecule has 4 heteroatoms. The molecule has 0 bridgehead atoms. The largest absolute Gasteiger partial charge is 0.376 e. The maximum Gasteiger partial charge on any atom is 0.102 e. The molecule has 2 aliphatic rings. The molecule has 0 spiro atoms. The normalized spacial score (nSPS) is 29.4. The molecule has 0 saturated carbocycles. The van der Waals surface area contributed by atoms with Crippen molar-refractivity contribution in [1.82, 2.24) is 0 Å². The fourth-order valence-electron chi connectivity index (χ4n) is 3.12. The Labute approximate surface area is 121 Å². The van der Waals surface area contributed by atoms with Crippen molar-refractivity contribution in [2.24, 2.45) is 10.9 Å². The van der Waals surface area contributed by atoms with Gasteiger partial charge in [0.1, 0.15) is 6.54 Å². The second-order valence-corrected chi connectivity index (χ2v) is 5.96. The summed E-state index contributed by atoms with van der Waals surface area (Å²) < 4.78 is 5.71. The van der Waals surface area contributed by atoms with Crippen molar-refractivity contribution in [2.45, 2.75) is 25.4 Å². The first kappa shape index (κ1) is 14.8. The number of rotatable bonds is 4. The third kappa shape index (κ3) is 3.94. The predicted octanol–water partition coefficient (Wildman–Crippen LogP) is 1.14. The number of nitrogens with one attached hydrogen (secondary N) is 1. The van der Waals surface area contributed by atoms with Gasteiger partial charge in [0.15, 0.2) is 0 Å². The minimum atomic E-state index is 0.119. The van der Waals surface area contributed by atoms with Crippen LogP contribution in [0.25, 0.3) is 0 Å². The average molecular weight is 281 g/mol. The van der Waals surface area contributed by atoms with Crippen molar-refractivity contribution in [3.05, 3.63) is 22.6 Å². The molecule has 3 nitrogen and oxygen atoms in total. The number of nitrogens with zero attached hydrogens (tertiary/aromatic N) is 1. The molecule has 0 aromatic heterocycles. The number of piperidine rings is 1. The molecule has 1 aliphatic carbocycles. The zero-order valence-corrected chi connectivity index (χ0v) is 12.8. The number of ether oxygens (including phenoxy) is 1. The van der Waals surface area contributed by atoms with E-state index >= 15 is 0 Å². The van der Waals surface area contributed by atoms with Crippen LogP contribution in [0.4, 0.5) is 0 Å². The standard InChI is InChI=1S/C15H24N2OS/c1-16-10-12-8-14(19)9-13(15(12)18-2)11-17-6-4-3-5-7-17/h8-10,12,15,19H,3-7,11H2,1-2H3/p+1. The highest BCUT2D eigenvalue weighted by Crippen LogP contribution is 2.25. The van der Waals surface area contributed by atoms with E-state index in [1.165, 1.54) is 37.9 Å². The van der Waals surface area contributed by atoms with Crippen molar-refractivity contribution in [3.63, 3.8) is 0 Å². The zero-order chi connectivity index (χ0) is 13.7. The van der Waals surface area contributed by atoms with Crippen LogP contribution >= 0.6 is 12.6 Å². The number of thiol groups is 1. The fourth-order valence-corrected chi connectivity index (χ4v) is 3.46. The summed E-state index contributed by atoms with van der Waals surface area (Å²) in [4.78, 5) is 6.86. The van der Waals surface area contributed by atoms with Crippen molar-refractivity contribution in [1.29, 1.82) is 0 Å². The second kappa shape index (κ2) is 7.27. The molecule has 19 heavy (non-hydrogen) atoms. The van der Waals surface area contributed by atoms with Gasteiger partial charge in [-0.25, -0.2) is 0 Å². The van der Waals surface area contributed by atoms with E-state index in [0.717, 1.165) is 11.4 Å². The summed E-state index contributed by atoms with van der Waals surface area (Å²) in [5, 5.41) is 0. The number of hydrogen-bond donors (Lipinski definition) is 2. The van der Waals surface area contributed by atoms with Crippen molar-refractivity contribution in [2.75, 3.05) is 33.8 Å². The third-order valence-electron chi connectivity index (χ3n) is 4.00. The molecule has 0 aromatic carbocycles. The Hall–Kier alpha value is -0.580. The van der Waals surface area contributed by atoms with Gasteiger partial charge in [-0.05, 0) is 25.3 Å². The first-order valence-corrected chi connectivity index (χ1v) is 7.59. The number of methoxy groups -OCH3 is 1. The topological polar surface area (TPSA) is 26.0 Å². The number of hydrogen-bond acceptors (Lipinski definition) is 3. The molecule has 1 saturated heterocycles. The summed E-state index contributed by atoms with van der Waals surface area (Å²) in [5.74, 6) is 0.215. The molecule has 1 heterocycles. The van der Waals surface area contributed by atoms with Gasteiger partial charge in [0.2, 0.25) is 0 Å². The van der Waals surface area contributed by atoms with Gasteiger partial charge in [-0.2, -0.15) is 0 Å². The molecule has 0 radical (unpaired) electrons. The summed E-state index contributed by atoms with van der Waals surface area (Å²) >= 11 is 4.53. The number of likely N-dealkylation sites (tertiary alicyclic amines) is 1. The van der Waals surface area contributed by atoms with Crippen LogP contribution in [0.5, 0.6) is 0 Å². The number of aliphatic imine (C=N–C) groups is 1. The number of allylic oxidation sites excluding steroid dienone is 1. The molecule has 0 amide bonds. The van der Waals surface area contributed by atoms with Crippen LogP contribution in [-0.2, 0) is 4.74 Å². The summed E-state index contributed by atoms with van der Waals surface area (Å²) in [6.07, 6.45) is 10.5. The molecule has 106 valence electrons. The summed E-state index contributed by atoms with van der Waals surface area (Å²) in [6, 6.07) is 0. The Morgan fingerprint density at radius 1 is 1.42 bits per heavy atom. The minimum Gasteiger partial charge on any atom is -0.376 e. The summed E-state index contributed by atoms with van der Waals surface area (Å²) in [7, 11) is 3.60. The van der Waals surface area contributed by atoms with E-state index in [9.17, 15) is 0 Å². The highest BCUT2D eigenvalue weighted by Gasteiger charge is 2.28. The first-order chi connectivity index (χ1) is 9.24. The molecule has 1 N–H and O–H groups in total. The maximum absolute atomic E-state index is 5.71. The lowest BCUT2D eigenvalue weighted by Gasteiger charge is -2.31. The quantitative estimate of drug-likeness (QED) is 0.586. The molecule has 1 fully saturated rings. The van der Waals surface area contributed by atoms with E-state index in [1.807, 2.05) is 13.3 Å². The van der Waals surface area contributed by atoms with Gasteiger partial charge < -0.3 is 14.6 Å². The Kier molecular flexibility index (Phi) is 5.67. The molecule has 2 unspecified atom stereocenters. The summed E-state index contributed by atoms with van der Waals surface area (Å²) in [6.45, 7) is 3.64. The Bertz CT molecular complexity index is 384. The third-order valence-corrected chi connectivity index (χ3v) is 4.28. The molecular weight excluding hydrogens is 256 g/mol. The SMILES string of the molecule is CN=CC1C=C(S)C=C(C[NH+]2CCCCC2)C1OC. The van der Waals surface area contributed by atoms with Crippen LogP contribution in [-0.4, -0.2) is 46.1 Å². The zero-order valence-electron chi connectivity index (χ0n) is 11.9. The number of quaternary nitrogens is 1. The van der Waals surface area contributed by atoms with E-state index in [-0.39, 0.29) is 12.0 Å². The lowest BCUT2D eigenvalue weighted by atomic mass is 9.90. The molecule has 0 aromatic rings. The van der Waals surface area contributed by atoms with E-state index < -0.39 is 0 Å². The first-order valence-electron chi connectivity index (χ1n) is 7.14. The highest BCUT2D eigenvalue weighted by molar-refractivity contribution is 7.84. The maximum atomic E-state index is 5.71. The van der Waals surface area contributed by atoms with Crippen molar-refractivity contribution in [3.8, 4) is 0 Å². The Balaban J connectivity index is 2.09. The van der Waals surface area contributed by atoms with Gasteiger partial charge in [0, 0.05) is 36.8 Å². The van der Waals surface area contributed by atoms with E-state index in [4.69, 9.17) is 4.74 Å². The molecule has 2 atom stereocenters. The molecular formula is C15H25N2OS+. The van der Waals surface area contributed by atoms with Crippen LogP contribution in [0, 0.1) is 5.92 Å². The van der Waals surface area contributed by atoms with E-state index in [2.05, 4.69) is 29.8 Å². The molecule has 1 aliphatic heterocycles. The lowest BCUT2D eigenvalue weighted by Crippen LogP contribution is -3.13. The van der Waals surface area contributed by atoms with Crippen LogP contribution in [0.3, 0.4) is 0 Å². The van der Waals surface area contributed by atoms with Gasteiger partial charge in [0.05, 0.1) is 19.2 Å². The van der Waals surface area contributed by atoms with Crippen LogP contribution in [0.15, 0.2) is 27.6 Å². The van der Waals surface area contributed by atoms with Crippen molar-refractivity contribution < 1.29 is 9.64 Å². The second-order valence-electron chi connectivity index (χ2n) is 5.44. The highest BCUT2D eigenvalue weighted by atomic mass is 32.1. The van der Waals surface area contributed by atoms with Gasteiger partial charge in [0.25, 0.3) is 0 Å². The predicted molar refractivity (Wildman–Crippen MR) is 83.3 cm³/mol. The van der Waals surface area contributed by atoms with Gasteiger partial charge in [-0.3, -0.25) is 0 Å². The van der Waals surface area contributed by atoms with Crippen LogP contribution in [0.1, 0.15) is 19.3 Å². The van der Waals surface area contributed by atoms with E-state index in [0.29, 0.717) is 0 Å². The van der Waals surface area contributed by atoms with Gasteiger partial charge in [-0.15, -0.1) is 12.6 Å². The monoisotopic (exact) mass is 281 g/mol. The molecule has 2 rings (SSSR count). The Morgan fingerprint density at radius 3 is 2.79 bits per heavy atom. The van der Waals surface area contributed by atoms with E-state index in [1.54, 1.807) is 12.0 Å². The van der Waals surface area contributed by atoms with Crippen LogP contribution in [0.2, 0.25) is 0 Å². The van der Waals surface area contributed by atoms with Crippen LogP contribution < -0.4 is 4.90 Å². The van der Waals surface area contributed by atoms with Crippen molar-refractivity contribution >= 4 is 18.8 Å².